The standard InChI is InChI=1S/C22H17Cl2NO5S/c23-16-13-18(24)21(26)20(14-16)31(28,29)25-19-11-5-4-10-17(19)22(27)30-12-6-9-15-7-2-1-3-8-15/h1-11,13-14,25-26H,12H2/b9-6-. The Morgan fingerprint density at radius 2 is 1.71 bits per heavy atom. The molecule has 0 aliphatic heterocycles. The molecule has 0 amide bonds. The fraction of sp³-hybridized carbons (Fsp3) is 0.0455. The van der Waals surface area contributed by atoms with E-state index in [0.717, 1.165) is 11.6 Å². The Morgan fingerprint density at radius 1 is 1.03 bits per heavy atom. The van der Waals surface area contributed by atoms with Gasteiger partial charge in [0.25, 0.3) is 10.0 Å². The number of carbonyl (C=O) groups excluding carboxylic acids is 1. The lowest BCUT2D eigenvalue weighted by Crippen LogP contribution is -2.17. The van der Waals surface area contributed by atoms with Gasteiger partial charge < -0.3 is 9.84 Å². The Morgan fingerprint density at radius 3 is 2.45 bits per heavy atom. The zero-order valence-electron chi connectivity index (χ0n) is 16.0. The zero-order valence-corrected chi connectivity index (χ0v) is 18.3. The van der Waals surface area contributed by atoms with Crippen LogP contribution in [0.25, 0.3) is 6.08 Å². The van der Waals surface area contributed by atoms with Crippen LogP contribution in [-0.2, 0) is 14.8 Å². The fourth-order valence-electron chi connectivity index (χ4n) is 2.65. The molecule has 0 heterocycles. The normalized spacial score (nSPS) is 11.4. The second kappa shape index (κ2) is 9.87. The summed E-state index contributed by atoms with van der Waals surface area (Å²) in [4.78, 5) is 12.0. The number of halogens is 2. The van der Waals surface area contributed by atoms with Crippen molar-refractivity contribution >= 4 is 51.0 Å². The summed E-state index contributed by atoms with van der Waals surface area (Å²) in [5, 5.41) is 9.85. The van der Waals surface area contributed by atoms with Gasteiger partial charge in [-0.2, -0.15) is 0 Å². The third kappa shape index (κ3) is 5.79. The van der Waals surface area contributed by atoms with Crippen molar-refractivity contribution in [3.05, 3.63) is 94.0 Å². The van der Waals surface area contributed by atoms with Gasteiger partial charge in [-0.15, -0.1) is 0 Å². The molecule has 3 aromatic carbocycles. The third-order valence-corrected chi connectivity index (χ3v) is 5.98. The van der Waals surface area contributed by atoms with E-state index in [1.807, 2.05) is 30.3 Å². The second-order valence-electron chi connectivity index (χ2n) is 6.30. The first-order chi connectivity index (χ1) is 14.8. The van der Waals surface area contributed by atoms with Crippen LogP contribution in [-0.4, -0.2) is 26.1 Å². The molecule has 3 rings (SSSR count). The summed E-state index contributed by atoms with van der Waals surface area (Å²) in [7, 11) is -4.30. The number of sulfonamides is 1. The molecule has 0 bridgehead atoms. The minimum atomic E-state index is -4.30. The molecular formula is C22H17Cl2NO5S. The predicted molar refractivity (Wildman–Crippen MR) is 121 cm³/mol. The van der Waals surface area contributed by atoms with Gasteiger partial charge in [-0.25, -0.2) is 13.2 Å². The lowest BCUT2D eigenvalue weighted by Gasteiger charge is -2.13. The summed E-state index contributed by atoms with van der Waals surface area (Å²) in [6, 6.07) is 17.7. The number of benzene rings is 3. The Kier molecular flexibility index (Phi) is 7.22. The van der Waals surface area contributed by atoms with Crippen LogP contribution in [0.4, 0.5) is 5.69 Å². The van der Waals surface area contributed by atoms with Crippen LogP contribution in [0.5, 0.6) is 5.75 Å². The first-order valence-corrected chi connectivity index (χ1v) is 11.2. The molecule has 3 aromatic rings. The van der Waals surface area contributed by atoms with Crippen molar-refractivity contribution in [2.24, 2.45) is 0 Å². The molecule has 0 atom stereocenters. The van der Waals surface area contributed by atoms with Crippen molar-refractivity contribution in [1.82, 2.24) is 0 Å². The quantitative estimate of drug-likeness (QED) is 0.446. The maximum absolute atomic E-state index is 12.8. The fourth-order valence-corrected chi connectivity index (χ4v) is 4.49. The molecule has 0 spiro atoms. The zero-order chi connectivity index (χ0) is 22.4. The molecule has 0 radical (unpaired) electrons. The monoisotopic (exact) mass is 477 g/mol. The summed E-state index contributed by atoms with van der Waals surface area (Å²) >= 11 is 11.7. The van der Waals surface area contributed by atoms with Crippen molar-refractivity contribution in [3.63, 3.8) is 0 Å². The lowest BCUT2D eigenvalue weighted by molar-refractivity contribution is 0.0551. The largest absolute Gasteiger partial charge is 0.505 e. The predicted octanol–water partition coefficient (Wildman–Crippen LogP) is 5.37. The maximum atomic E-state index is 12.8. The van der Waals surface area contributed by atoms with E-state index < -0.39 is 26.6 Å². The molecule has 0 saturated carbocycles. The molecular weight excluding hydrogens is 461 g/mol. The minimum absolute atomic E-state index is 0.000495. The number of rotatable bonds is 7. The van der Waals surface area contributed by atoms with E-state index in [2.05, 4.69) is 4.72 Å². The van der Waals surface area contributed by atoms with Gasteiger partial charge in [0.1, 0.15) is 11.5 Å². The molecule has 0 aliphatic carbocycles. The summed E-state index contributed by atoms with van der Waals surface area (Å²) < 4.78 is 33.0. The summed E-state index contributed by atoms with van der Waals surface area (Å²) in [6.07, 6.45) is 3.47. The van der Waals surface area contributed by atoms with E-state index in [4.69, 9.17) is 27.9 Å². The second-order valence-corrected chi connectivity index (χ2v) is 8.79. The SMILES string of the molecule is O=C(OC/C=C\c1ccccc1)c1ccccc1NS(=O)(=O)c1cc(Cl)cc(Cl)c1O. The summed E-state index contributed by atoms with van der Waals surface area (Å²) in [5.41, 5.74) is 0.938. The maximum Gasteiger partial charge on any atom is 0.340 e. The molecule has 0 fully saturated rings. The van der Waals surface area contributed by atoms with Crippen LogP contribution in [0.15, 0.2) is 77.7 Å². The number of anilines is 1. The lowest BCUT2D eigenvalue weighted by atomic mass is 10.2. The Bertz CT molecular complexity index is 1230. The third-order valence-electron chi connectivity index (χ3n) is 4.09. The van der Waals surface area contributed by atoms with E-state index in [-0.39, 0.29) is 27.9 Å². The minimum Gasteiger partial charge on any atom is -0.505 e. The van der Waals surface area contributed by atoms with E-state index in [1.54, 1.807) is 24.3 Å². The van der Waals surface area contributed by atoms with Gasteiger partial charge in [0.2, 0.25) is 0 Å². The Labute approximate surface area is 189 Å². The van der Waals surface area contributed by atoms with Crippen molar-refractivity contribution < 1.29 is 23.1 Å². The van der Waals surface area contributed by atoms with Gasteiger partial charge in [-0.1, -0.05) is 71.7 Å². The number of para-hydroxylation sites is 1. The number of aromatic hydroxyl groups is 1. The van der Waals surface area contributed by atoms with Crippen LogP contribution in [0, 0.1) is 0 Å². The average molecular weight is 478 g/mol. The molecule has 0 saturated heterocycles. The molecule has 0 unspecified atom stereocenters. The number of nitrogens with one attached hydrogen (secondary N) is 1. The first kappa shape index (κ1) is 22.7. The molecule has 6 nitrogen and oxygen atoms in total. The van der Waals surface area contributed by atoms with Gasteiger partial charge in [0, 0.05) is 5.02 Å². The van der Waals surface area contributed by atoms with E-state index in [0.29, 0.717) is 0 Å². The van der Waals surface area contributed by atoms with Gasteiger partial charge in [-0.3, -0.25) is 4.72 Å². The number of phenolic OH excluding ortho intramolecular Hbond substituents is 1. The van der Waals surface area contributed by atoms with Crippen LogP contribution in [0.2, 0.25) is 10.0 Å². The highest BCUT2D eigenvalue weighted by Gasteiger charge is 2.24. The van der Waals surface area contributed by atoms with Crippen molar-refractivity contribution in [3.8, 4) is 5.75 Å². The molecule has 9 heteroatoms. The van der Waals surface area contributed by atoms with Crippen molar-refractivity contribution in [2.75, 3.05) is 11.3 Å². The van der Waals surface area contributed by atoms with Gasteiger partial charge in [0.05, 0.1) is 16.3 Å². The number of hydrogen-bond acceptors (Lipinski definition) is 5. The molecule has 0 aliphatic rings. The summed E-state index contributed by atoms with van der Waals surface area (Å²) in [5.74, 6) is -1.37. The Hall–Kier alpha value is -3.00. The number of hydrogen-bond donors (Lipinski definition) is 2. The number of esters is 1. The Balaban J connectivity index is 1.77. The highest BCUT2D eigenvalue weighted by Crippen LogP contribution is 2.35. The molecule has 2 N–H and O–H groups in total. The van der Waals surface area contributed by atoms with Crippen molar-refractivity contribution in [2.45, 2.75) is 4.90 Å². The average Bonchev–Trinajstić information content (AvgIpc) is 2.74. The molecule has 160 valence electrons. The smallest absolute Gasteiger partial charge is 0.340 e. The van der Waals surface area contributed by atoms with Crippen LogP contribution in [0.3, 0.4) is 0 Å². The van der Waals surface area contributed by atoms with Crippen molar-refractivity contribution in [1.29, 1.82) is 0 Å². The first-order valence-electron chi connectivity index (χ1n) is 8.96. The number of ether oxygens (including phenoxy) is 1. The van der Waals surface area contributed by atoms with E-state index in [9.17, 15) is 18.3 Å². The van der Waals surface area contributed by atoms with Gasteiger partial charge in [0.15, 0.2) is 5.75 Å². The topological polar surface area (TPSA) is 92.7 Å². The van der Waals surface area contributed by atoms with Crippen LogP contribution < -0.4 is 4.72 Å². The van der Waals surface area contributed by atoms with Crippen LogP contribution in [0.1, 0.15) is 15.9 Å². The van der Waals surface area contributed by atoms with Gasteiger partial charge in [-0.05, 0) is 35.9 Å². The summed E-state index contributed by atoms with van der Waals surface area (Å²) in [6.45, 7) is -0.000495. The van der Waals surface area contributed by atoms with E-state index >= 15 is 0 Å². The van der Waals surface area contributed by atoms with Crippen LogP contribution >= 0.6 is 23.2 Å². The number of phenols is 1. The molecule has 0 aromatic heterocycles. The van der Waals surface area contributed by atoms with E-state index in [1.165, 1.54) is 18.2 Å². The highest BCUT2D eigenvalue weighted by atomic mass is 35.5. The number of carbonyl (C=O) groups is 1. The highest BCUT2D eigenvalue weighted by molar-refractivity contribution is 7.92. The molecule has 31 heavy (non-hydrogen) atoms. The van der Waals surface area contributed by atoms with Gasteiger partial charge >= 0.3 is 5.97 Å².